The number of benzene rings is 2. The number of aliphatic hydroxyl groups is 1. The highest BCUT2D eigenvalue weighted by molar-refractivity contribution is 6.02. The lowest BCUT2D eigenvalue weighted by Crippen LogP contribution is -2.29. The monoisotopic (exact) mass is 544 g/mol. The molecule has 0 bridgehead atoms. The number of carbonyl (C=O) groups is 1. The first-order chi connectivity index (χ1) is 19.0. The first-order valence-corrected chi connectivity index (χ1v) is 12.8. The highest BCUT2D eigenvalue weighted by Gasteiger charge is 2.25. The Kier molecular flexibility index (Phi) is 8.36. The van der Waals surface area contributed by atoms with Crippen LogP contribution < -0.4 is 20.3 Å². The topological polar surface area (TPSA) is 121 Å². The highest BCUT2D eigenvalue weighted by atomic mass is 16.5. The van der Waals surface area contributed by atoms with Gasteiger partial charge >= 0.3 is 0 Å². The molecule has 0 unspecified atom stereocenters. The smallest absolute Gasteiger partial charge is 0.247 e. The number of methoxy groups -OCH3 is 1. The summed E-state index contributed by atoms with van der Waals surface area (Å²) in [5.74, 6) is 1.04. The maximum atomic E-state index is 12.3. The number of hydrogen-bond acceptors (Lipinski definition) is 9. The van der Waals surface area contributed by atoms with Gasteiger partial charge in [0.05, 0.1) is 29.7 Å². The second kappa shape index (κ2) is 11.7. The molecular formula is C29H36N8O3. The summed E-state index contributed by atoms with van der Waals surface area (Å²) in [6, 6.07) is 13.1. The summed E-state index contributed by atoms with van der Waals surface area (Å²) in [7, 11) is 7.55. The van der Waals surface area contributed by atoms with Gasteiger partial charge < -0.3 is 30.3 Å². The molecule has 11 heteroatoms. The Morgan fingerprint density at radius 3 is 2.58 bits per heavy atom. The summed E-state index contributed by atoms with van der Waals surface area (Å²) >= 11 is 0. The summed E-state index contributed by atoms with van der Waals surface area (Å²) in [5.41, 5.74) is 2.15. The number of anilines is 4. The minimum Gasteiger partial charge on any atom is -0.494 e. The Morgan fingerprint density at radius 2 is 1.90 bits per heavy atom. The molecule has 0 aliphatic rings. The number of aromatic nitrogens is 4. The minimum atomic E-state index is -1.14. The fourth-order valence-corrected chi connectivity index (χ4v) is 4.25. The van der Waals surface area contributed by atoms with Gasteiger partial charge in [-0.3, -0.25) is 4.79 Å². The largest absolute Gasteiger partial charge is 0.494 e. The molecule has 4 rings (SSSR count). The third kappa shape index (κ3) is 6.22. The van der Waals surface area contributed by atoms with E-state index in [0.29, 0.717) is 34.6 Å². The average Bonchev–Trinajstić information content (AvgIpc) is 3.32. The maximum absolute atomic E-state index is 12.3. The van der Waals surface area contributed by atoms with Crippen LogP contribution in [0.1, 0.15) is 19.5 Å². The zero-order valence-electron chi connectivity index (χ0n) is 23.8. The van der Waals surface area contributed by atoms with E-state index in [1.807, 2.05) is 56.4 Å². The van der Waals surface area contributed by atoms with Crippen LogP contribution in [-0.2, 0) is 10.4 Å². The lowest BCUT2D eigenvalue weighted by atomic mass is 10.0. The van der Waals surface area contributed by atoms with Crippen molar-refractivity contribution in [2.75, 3.05) is 56.9 Å². The Morgan fingerprint density at radius 1 is 1.15 bits per heavy atom. The molecule has 1 amide bonds. The van der Waals surface area contributed by atoms with Crippen molar-refractivity contribution in [3.8, 4) is 11.6 Å². The molecule has 0 fully saturated rings. The van der Waals surface area contributed by atoms with Gasteiger partial charge in [-0.05, 0) is 46.2 Å². The molecule has 0 spiro atoms. The predicted molar refractivity (Wildman–Crippen MR) is 159 cm³/mol. The standard InChI is InChI=1S/C29H36N8O3/c1-8-26(38)31-20-17-21(24(40-7)18-23(20)36(6)16-15-35(4)5)32-28-30-14-13-25(33-28)37-22-12-10-9-11-19(22)27(34-37)29(2,3)39/h8-14,17-18,39H,1,15-16H2,2-7H3,(H,31,38)(H,30,32,33). The van der Waals surface area contributed by atoms with Crippen LogP contribution in [-0.4, -0.2) is 77.0 Å². The summed E-state index contributed by atoms with van der Waals surface area (Å²) < 4.78 is 7.39. The number of carbonyl (C=O) groups excluding carboxylic acids is 1. The SMILES string of the molecule is C=CC(=O)Nc1cc(Nc2nccc(-n3nc(C(C)(C)O)c4ccccc43)n2)c(OC)cc1N(C)CCN(C)C. The number of nitrogens with one attached hydrogen (secondary N) is 2. The predicted octanol–water partition coefficient (Wildman–Crippen LogP) is 3.92. The van der Waals surface area contributed by atoms with Crippen LogP contribution in [0.2, 0.25) is 0 Å². The summed E-state index contributed by atoms with van der Waals surface area (Å²) in [6.07, 6.45) is 2.85. The van der Waals surface area contributed by atoms with E-state index in [0.717, 1.165) is 29.7 Å². The van der Waals surface area contributed by atoms with Crippen LogP contribution in [0, 0.1) is 0 Å². The summed E-state index contributed by atoms with van der Waals surface area (Å²) in [5, 5.41) is 22.3. The Balaban J connectivity index is 1.74. The number of ether oxygens (including phenoxy) is 1. The molecule has 2 heterocycles. The molecule has 210 valence electrons. The molecule has 0 saturated heterocycles. The van der Waals surface area contributed by atoms with Crippen molar-refractivity contribution >= 4 is 39.8 Å². The zero-order chi connectivity index (χ0) is 29.0. The fraction of sp³-hybridized carbons (Fsp3) is 0.310. The van der Waals surface area contributed by atoms with E-state index in [9.17, 15) is 9.90 Å². The van der Waals surface area contributed by atoms with E-state index in [1.54, 1.807) is 44.0 Å². The maximum Gasteiger partial charge on any atom is 0.247 e. The lowest BCUT2D eigenvalue weighted by Gasteiger charge is -2.26. The number of amides is 1. The number of likely N-dealkylation sites (N-methyl/N-ethyl adjacent to an activating group) is 2. The Hall–Kier alpha value is -4.48. The number of nitrogens with zero attached hydrogens (tertiary/aromatic N) is 6. The first-order valence-electron chi connectivity index (χ1n) is 12.8. The lowest BCUT2D eigenvalue weighted by molar-refractivity contribution is -0.111. The second-order valence-electron chi connectivity index (χ2n) is 10.2. The molecular weight excluding hydrogens is 508 g/mol. The fourth-order valence-electron chi connectivity index (χ4n) is 4.25. The molecule has 0 radical (unpaired) electrons. The highest BCUT2D eigenvalue weighted by Crippen LogP contribution is 2.38. The molecule has 11 nitrogen and oxygen atoms in total. The summed E-state index contributed by atoms with van der Waals surface area (Å²) in [4.78, 5) is 25.5. The first kappa shape index (κ1) is 28.5. The molecule has 0 aliphatic carbocycles. The van der Waals surface area contributed by atoms with Gasteiger partial charge in [0.15, 0.2) is 5.82 Å². The Bertz CT molecular complexity index is 1520. The van der Waals surface area contributed by atoms with E-state index >= 15 is 0 Å². The molecule has 4 aromatic rings. The molecule has 0 aliphatic heterocycles. The van der Waals surface area contributed by atoms with Gasteiger partial charge in [-0.25, -0.2) is 9.67 Å². The quantitative estimate of drug-likeness (QED) is 0.241. The molecule has 2 aromatic heterocycles. The van der Waals surface area contributed by atoms with E-state index < -0.39 is 5.60 Å². The van der Waals surface area contributed by atoms with Crippen molar-refractivity contribution in [3.63, 3.8) is 0 Å². The average molecular weight is 545 g/mol. The van der Waals surface area contributed by atoms with E-state index in [1.165, 1.54) is 6.08 Å². The van der Waals surface area contributed by atoms with Gasteiger partial charge in [-0.15, -0.1) is 0 Å². The van der Waals surface area contributed by atoms with Gasteiger partial charge in [-0.2, -0.15) is 10.1 Å². The molecule has 40 heavy (non-hydrogen) atoms. The van der Waals surface area contributed by atoms with Crippen LogP contribution >= 0.6 is 0 Å². The summed E-state index contributed by atoms with van der Waals surface area (Å²) in [6.45, 7) is 8.54. The Labute approximate surface area is 234 Å². The minimum absolute atomic E-state index is 0.301. The molecule has 0 atom stereocenters. The van der Waals surface area contributed by atoms with E-state index in [4.69, 9.17) is 9.72 Å². The van der Waals surface area contributed by atoms with Crippen LogP contribution in [0.4, 0.5) is 23.0 Å². The van der Waals surface area contributed by atoms with Crippen molar-refractivity contribution in [1.82, 2.24) is 24.6 Å². The van der Waals surface area contributed by atoms with Crippen molar-refractivity contribution in [2.24, 2.45) is 0 Å². The third-order valence-electron chi connectivity index (χ3n) is 6.33. The van der Waals surface area contributed by atoms with Crippen molar-refractivity contribution in [1.29, 1.82) is 0 Å². The van der Waals surface area contributed by atoms with Crippen molar-refractivity contribution in [3.05, 3.63) is 67.0 Å². The number of rotatable bonds is 11. The van der Waals surface area contributed by atoms with E-state index in [-0.39, 0.29) is 5.91 Å². The number of para-hydroxylation sites is 1. The van der Waals surface area contributed by atoms with Gasteiger partial charge in [0, 0.05) is 43.9 Å². The van der Waals surface area contributed by atoms with Crippen LogP contribution in [0.25, 0.3) is 16.7 Å². The zero-order valence-corrected chi connectivity index (χ0v) is 23.8. The molecule has 2 aromatic carbocycles. The van der Waals surface area contributed by atoms with Crippen LogP contribution in [0.3, 0.4) is 0 Å². The van der Waals surface area contributed by atoms with Crippen molar-refractivity contribution < 1.29 is 14.6 Å². The van der Waals surface area contributed by atoms with Gasteiger partial charge in [-0.1, -0.05) is 24.8 Å². The molecule has 0 saturated carbocycles. The van der Waals surface area contributed by atoms with Crippen LogP contribution in [0.15, 0.2) is 61.3 Å². The second-order valence-corrected chi connectivity index (χ2v) is 10.2. The van der Waals surface area contributed by atoms with Crippen LogP contribution in [0.5, 0.6) is 5.75 Å². The van der Waals surface area contributed by atoms with Gasteiger partial charge in [0.25, 0.3) is 0 Å². The third-order valence-corrected chi connectivity index (χ3v) is 6.33. The van der Waals surface area contributed by atoms with Gasteiger partial charge in [0.2, 0.25) is 11.9 Å². The number of fused-ring (bicyclic) bond motifs is 1. The normalized spacial score (nSPS) is 11.5. The number of hydrogen-bond donors (Lipinski definition) is 3. The van der Waals surface area contributed by atoms with Crippen molar-refractivity contribution in [2.45, 2.75) is 19.4 Å². The van der Waals surface area contributed by atoms with E-state index in [2.05, 4.69) is 32.2 Å². The molecule has 3 N–H and O–H groups in total. The van der Waals surface area contributed by atoms with Gasteiger partial charge in [0.1, 0.15) is 17.0 Å².